The van der Waals surface area contributed by atoms with E-state index in [0.717, 1.165) is 16.7 Å². The molecule has 6 nitrogen and oxygen atoms in total. The van der Waals surface area contributed by atoms with Crippen LogP contribution in [0.3, 0.4) is 0 Å². The molecule has 1 saturated heterocycles. The van der Waals surface area contributed by atoms with Gasteiger partial charge in [0.15, 0.2) is 0 Å². The first-order valence-corrected chi connectivity index (χ1v) is 14.0. The third-order valence-corrected chi connectivity index (χ3v) is 7.21. The maximum absolute atomic E-state index is 11.9. The van der Waals surface area contributed by atoms with Gasteiger partial charge < -0.3 is 23.7 Å². The maximum Gasteiger partial charge on any atom is 0.304 e. The van der Waals surface area contributed by atoms with E-state index < -0.39 is 24.5 Å². The second kappa shape index (κ2) is 14.6. The lowest BCUT2D eigenvalue weighted by Crippen LogP contribution is -2.59. The minimum atomic E-state index is -0.753. The number of benzene rings is 3. The van der Waals surface area contributed by atoms with Gasteiger partial charge in [0.2, 0.25) is 6.29 Å². The van der Waals surface area contributed by atoms with E-state index in [-0.39, 0.29) is 18.6 Å². The molecule has 4 rings (SSSR count). The van der Waals surface area contributed by atoms with Crippen LogP contribution >= 0.6 is 22.6 Å². The van der Waals surface area contributed by atoms with Crippen LogP contribution in [0.1, 0.15) is 23.6 Å². The van der Waals surface area contributed by atoms with Crippen molar-refractivity contribution in [2.75, 3.05) is 11.0 Å². The summed E-state index contributed by atoms with van der Waals surface area (Å²) >= 11 is 2.29. The minimum Gasteiger partial charge on any atom is -0.435 e. The molecule has 0 radical (unpaired) electrons. The average molecular weight is 616 g/mol. The molecule has 0 bridgehead atoms. The first-order chi connectivity index (χ1) is 18.1. The summed E-state index contributed by atoms with van der Waals surface area (Å²) in [4.78, 5) is 11.9. The predicted molar refractivity (Wildman–Crippen MR) is 149 cm³/mol. The van der Waals surface area contributed by atoms with Crippen molar-refractivity contribution in [1.82, 2.24) is 0 Å². The first kappa shape index (κ1) is 27.7. The number of carbonyl (C=O) groups is 1. The van der Waals surface area contributed by atoms with Crippen LogP contribution in [0.15, 0.2) is 91.0 Å². The fraction of sp³-hybridized carbons (Fsp3) is 0.367. The third-order valence-electron chi connectivity index (χ3n) is 6.20. The molecule has 37 heavy (non-hydrogen) atoms. The highest BCUT2D eigenvalue weighted by Crippen LogP contribution is 2.34. The molecule has 0 unspecified atom stereocenters. The number of halogens is 1. The second-order valence-corrected chi connectivity index (χ2v) is 9.87. The van der Waals surface area contributed by atoms with Crippen LogP contribution in [0.4, 0.5) is 0 Å². The summed E-state index contributed by atoms with van der Waals surface area (Å²) in [7, 11) is 0. The molecule has 3 aromatic rings. The van der Waals surface area contributed by atoms with Crippen molar-refractivity contribution in [2.45, 2.75) is 51.3 Å². The van der Waals surface area contributed by atoms with Gasteiger partial charge >= 0.3 is 5.97 Å². The second-order valence-electron chi connectivity index (χ2n) is 8.99. The number of esters is 1. The molecule has 7 heteroatoms. The zero-order valence-electron chi connectivity index (χ0n) is 20.9. The zero-order valence-corrected chi connectivity index (χ0v) is 23.1. The summed E-state index contributed by atoms with van der Waals surface area (Å²) in [6, 6.07) is 30.0. The van der Waals surface area contributed by atoms with Gasteiger partial charge in [-0.15, -0.1) is 0 Å². The van der Waals surface area contributed by atoms with Gasteiger partial charge in [-0.1, -0.05) is 114 Å². The number of hydrogen-bond donors (Lipinski definition) is 0. The van der Waals surface area contributed by atoms with Crippen LogP contribution in [0.2, 0.25) is 0 Å². The van der Waals surface area contributed by atoms with Gasteiger partial charge in [0.05, 0.1) is 38.4 Å². The Bertz CT molecular complexity index is 1070. The predicted octanol–water partition coefficient (Wildman–Crippen LogP) is 5.71. The summed E-state index contributed by atoms with van der Waals surface area (Å²) in [6.07, 6.45) is -2.04. The van der Waals surface area contributed by atoms with E-state index in [1.54, 1.807) is 0 Å². The van der Waals surface area contributed by atoms with Crippen molar-refractivity contribution in [2.24, 2.45) is 5.92 Å². The highest BCUT2D eigenvalue weighted by Gasteiger charge is 2.48. The van der Waals surface area contributed by atoms with Crippen LogP contribution < -0.4 is 0 Å². The summed E-state index contributed by atoms with van der Waals surface area (Å²) in [5.41, 5.74) is 3.18. The monoisotopic (exact) mass is 616 g/mol. The summed E-state index contributed by atoms with van der Waals surface area (Å²) < 4.78 is 31.7. The molecule has 1 fully saturated rings. The zero-order chi connectivity index (χ0) is 25.9. The van der Waals surface area contributed by atoms with Crippen molar-refractivity contribution in [3.63, 3.8) is 0 Å². The van der Waals surface area contributed by atoms with Gasteiger partial charge in [-0.2, -0.15) is 0 Å². The molecule has 0 aliphatic carbocycles. The lowest BCUT2D eigenvalue weighted by molar-refractivity contribution is -0.292. The fourth-order valence-electron chi connectivity index (χ4n) is 4.36. The van der Waals surface area contributed by atoms with E-state index in [1.807, 2.05) is 91.0 Å². The largest absolute Gasteiger partial charge is 0.435 e. The van der Waals surface area contributed by atoms with Crippen molar-refractivity contribution in [1.29, 1.82) is 0 Å². The molecule has 196 valence electrons. The van der Waals surface area contributed by atoms with Gasteiger partial charge in [-0.3, -0.25) is 4.79 Å². The van der Waals surface area contributed by atoms with Crippen LogP contribution in [-0.4, -0.2) is 41.6 Å². The Kier molecular flexibility index (Phi) is 10.9. The molecule has 0 saturated carbocycles. The summed E-state index contributed by atoms with van der Waals surface area (Å²) in [5, 5.41) is 0. The topological polar surface area (TPSA) is 63.2 Å². The molecule has 1 aliphatic heterocycles. The average Bonchev–Trinajstić information content (AvgIpc) is 2.92. The Balaban J connectivity index is 1.55. The highest BCUT2D eigenvalue weighted by atomic mass is 127. The molecular formula is C30H33IO6. The lowest BCUT2D eigenvalue weighted by Gasteiger charge is -2.45. The molecule has 1 aliphatic rings. The quantitative estimate of drug-likeness (QED) is 0.148. The van der Waals surface area contributed by atoms with Crippen LogP contribution in [0.25, 0.3) is 0 Å². The summed E-state index contributed by atoms with van der Waals surface area (Å²) in [6.45, 7) is 2.92. The van der Waals surface area contributed by atoms with E-state index in [4.69, 9.17) is 23.7 Å². The fourth-order valence-corrected chi connectivity index (χ4v) is 5.27. The lowest BCUT2D eigenvalue weighted by atomic mass is 9.91. The van der Waals surface area contributed by atoms with Gasteiger partial charge in [-0.05, 0) is 16.7 Å². The Labute approximate surface area is 232 Å². The van der Waals surface area contributed by atoms with Crippen LogP contribution in [0, 0.1) is 5.92 Å². The van der Waals surface area contributed by atoms with E-state index in [2.05, 4.69) is 22.6 Å². The van der Waals surface area contributed by atoms with Crippen molar-refractivity contribution in [3.8, 4) is 0 Å². The third kappa shape index (κ3) is 8.35. The first-order valence-electron chi connectivity index (χ1n) is 12.5. The molecule has 0 N–H and O–H groups in total. The molecule has 1 heterocycles. The molecule has 5 atom stereocenters. The standard InChI is InChI=1S/C30H33IO6/c1-22(32)36-30-26(17-31)28(34-19-24-13-7-3-8-14-24)29(35-20-25-15-9-4-10-16-25)27(37-30)21-33-18-23-11-5-2-6-12-23/h2-16,26-30H,17-21H2,1H3/t26-,27-,28-,29-,30-/m1/s1. The van der Waals surface area contributed by atoms with E-state index in [0.29, 0.717) is 24.2 Å². The molecule has 0 amide bonds. The highest BCUT2D eigenvalue weighted by molar-refractivity contribution is 14.1. The minimum absolute atomic E-state index is 0.209. The van der Waals surface area contributed by atoms with Crippen LogP contribution in [0.5, 0.6) is 0 Å². The smallest absolute Gasteiger partial charge is 0.304 e. The number of hydrogen-bond acceptors (Lipinski definition) is 6. The van der Waals surface area contributed by atoms with Crippen molar-refractivity contribution >= 4 is 28.6 Å². The van der Waals surface area contributed by atoms with Gasteiger partial charge in [-0.25, -0.2) is 0 Å². The normalized spacial score (nSPS) is 23.5. The number of rotatable bonds is 12. The van der Waals surface area contributed by atoms with Crippen molar-refractivity contribution < 1.29 is 28.5 Å². The van der Waals surface area contributed by atoms with Crippen LogP contribution in [-0.2, 0) is 48.3 Å². The molecule has 3 aromatic carbocycles. The van der Waals surface area contributed by atoms with E-state index in [9.17, 15) is 4.79 Å². The number of alkyl halides is 1. The Morgan fingerprint density at radius 3 is 1.73 bits per heavy atom. The van der Waals surface area contributed by atoms with Gasteiger partial charge in [0, 0.05) is 11.4 Å². The van der Waals surface area contributed by atoms with Gasteiger partial charge in [0.1, 0.15) is 12.2 Å². The molecule has 0 aromatic heterocycles. The Morgan fingerprint density at radius 2 is 1.24 bits per heavy atom. The SMILES string of the molecule is CC(=O)O[C@@H]1O[C@H](COCc2ccccc2)[C@@H](OCc2ccccc2)[C@H](OCc2ccccc2)[C@H]1CI. The van der Waals surface area contributed by atoms with Crippen molar-refractivity contribution in [3.05, 3.63) is 108 Å². The summed E-state index contributed by atoms with van der Waals surface area (Å²) in [5.74, 6) is -0.603. The Morgan fingerprint density at radius 1 is 0.757 bits per heavy atom. The van der Waals surface area contributed by atoms with E-state index in [1.165, 1.54) is 6.92 Å². The van der Waals surface area contributed by atoms with E-state index >= 15 is 0 Å². The van der Waals surface area contributed by atoms with Gasteiger partial charge in [0.25, 0.3) is 0 Å². The molecule has 0 spiro atoms. The Hall–Kier alpha value is -2.30. The molecular weight excluding hydrogens is 583 g/mol. The number of ether oxygens (including phenoxy) is 5. The maximum atomic E-state index is 11.9. The number of carbonyl (C=O) groups excluding carboxylic acids is 1.